The second-order valence-corrected chi connectivity index (χ2v) is 6.78. The second kappa shape index (κ2) is 4.11. The summed E-state index contributed by atoms with van der Waals surface area (Å²) in [6, 6.07) is 16.5. The van der Waals surface area contributed by atoms with Crippen LogP contribution >= 0.6 is 0 Å². The quantitative estimate of drug-likeness (QED) is 0.791. The van der Waals surface area contributed by atoms with Crippen LogP contribution in [0.4, 0.5) is 5.69 Å². The van der Waals surface area contributed by atoms with Crippen molar-refractivity contribution < 1.29 is 0 Å². The van der Waals surface area contributed by atoms with Crippen LogP contribution in [0.2, 0.25) is 0 Å². The van der Waals surface area contributed by atoms with Gasteiger partial charge in [0.2, 0.25) is 0 Å². The van der Waals surface area contributed by atoms with Crippen LogP contribution in [0.1, 0.15) is 40.5 Å². The van der Waals surface area contributed by atoms with E-state index in [4.69, 9.17) is 0 Å². The highest BCUT2D eigenvalue weighted by atomic mass is 15.1. The summed E-state index contributed by atoms with van der Waals surface area (Å²) >= 11 is 0. The minimum Gasteiger partial charge on any atom is -0.384 e. The third-order valence-corrected chi connectivity index (χ3v) is 5.71. The molecule has 3 aliphatic rings. The highest BCUT2D eigenvalue weighted by Gasteiger charge is 2.43. The number of hydrogen-bond acceptors (Lipinski definition) is 2. The Morgan fingerprint density at radius 3 is 2.86 bits per heavy atom. The van der Waals surface area contributed by atoms with Gasteiger partial charge in [-0.25, -0.2) is 0 Å². The van der Waals surface area contributed by atoms with Gasteiger partial charge >= 0.3 is 0 Å². The molecule has 106 valence electrons. The predicted octanol–water partition coefficient (Wildman–Crippen LogP) is 3.55. The molecule has 2 heterocycles. The lowest BCUT2D eigenvalue weighted by Gasteiger charge is -2.45. The van der Waals surface area contributed by atoms with Crippen LogP contribution in [0.5, 0.6) is 0 Å². The third-order valence-electron chi connectivity index (χ3n) is 5.71. The van der Waals surface area contributed by atoms with E-state index in [0.717, 1.165) is 13.1 Å². The molecule has 0 fully saturated rings. The van der Waals surface area contributed by atoms with Crippen molar-refractivity contribution in [2.24, 2.45) is 0 Å². The van der Waals surface area contributed by atoms with Crippen molar-refractivity contribution in [3.63, 3.8) is 0 Å². The normalized spacial score (nSPS) is 29.3. The topological polar surface area (TPSA) is 15.3 Å². The maximum atomic E-state index is 3.61. The Bertz CT molecular complexity index is 721. The number of nitrogens with one attached hydrogen (secondary N) is 1. The van der Waals surface area contributed by atoms with E-state index in [1.165, 1.54) is 17.7 Å². The monoisotopic (exact) mass is 276 g/mol. The molecule has 3 atom stereocenters. The Labute approximate surface area is 125 Å². The van der Waals surface area contributed by atoms with Gasteiger partial charge in [0.25, 0.3) is 0 Å². The van der Waals surface area contributed by atoms with Crippen LogP contribution in [0.3, 0.4) is 0 Å². The number of benzene rings is 2. The Morgan fingerprint density at radius 1 is 1.05 bits per heavy atom. The predicted molar refractivity (Wildman–Crippen MR) is 85.8 cm³/mol. The van der Waals surface area contributed by atoms with Gasteiger partial charge in [-0.2, -0.15) is 0 Å². The summed E-state index contributed by atoms with van der Waals surface area (Å²) < 4.78 is 0. The zero-order valence-corrected chi connectivity index (χ0v) is 12.3. The van der Waals surface area contributed by atoms with Gasteiger partial charge in [-0.3, -0.25) is 4.90 Å². The molecule has 21 heavy (non-hydrogen) atoms. The standard InChI is InChI=1S/C19H20N2/c1-21-11-12-5-2-3-6-14(12)19-15-7-4-8-16-18(15)13(10-20-16)9-17(19)21/h2-8,13,17,19-20H,9-11H2,1H3. The van der Waals surface area contributed by atoms with Crippen molar-refractivity contribution in [3.8, 4) is 0 Å². The molecule has 3 unspecified atom stereocenters. The number of likely N-dealkylation sites (N-methyl/N-ethyl adjacent to an activating group) is 1. The van der Waals surface area contributed by atoms with Crippen molar-refractivity contribution >= 4 is 5.69 Å². The van der Waals surface area contributed by atoms with Gasteiger partial charge in [0.1, 0.15) is 0 Å². The second-order valence-electron chi connectivity index (χ2n) is 6.78. The van der Waals surface area contributed by atoms with Crippen LogP contribution in [0.25, 0.3) is 0 Å². The van der Waals surface area contributed by atoms with E-state index < -0.39 is 0 Å². The van der Waals surface area contributed by atoms with Gasteiger partial charge in [0, 0.05) is 36.7 Å². The molecular weight excluding hydrogens is 256 g/mol. The fourth-order valence-electron chi connectivity index (χ4n) is 4.81. The summed E-state index contributed by atoms with van der Waals surface area (Å²) in [5, 5.41) is 3.61. The highest BCUT2D eigenvalue weighted by Crippen LogP contribution is 2.51. The molecule has 2 aromatic rings. The molecule has 0 saturated carbocycles. The van der Waals surface area contributed by atoms with E-state index in [1.54, 1.807) is 16.7 Å². The molecule has 2 nitrogen and oxygen atoms in total. The number of fused-ring (bicyclic) bond motifs is 4. The third kappa shape index (κ3) is 1.51. The molecular formula is C19H20N2. The lowest BCUT2D eigenvalue weighted by atomic mass is 9.68. The molecule has 0 amide bonds. The first kappa shape index (κ1) is 11.8. The first-order valence-electron chi connectivity index (χ1n) is 7.97. The highest BCUT2D eigenvalue weighted by molar-refractivity contribution is 5.65. The lowest BCUT2D eigenvalue weighted by molar-refractivity contribution is 0.170. The molecule has 0 aromatic heterocycles. The van der Waals surface area contributed by atoms with Gasteiger partial charge in [-0.1, -0.05) is 36.4 Å². The number of rotatable bonds is 0. The van der Waals surface area contributed by atoms with Gasteiger partial charge < -0.3 is 5.32 Å². The SMILES string of the molecule is CN1Cc2ccccc2C2c3cccc4c3C(CN4)CC21. The van der Waals surface area contributed by atoms with Gasteiger partial charge in [-0.05, 0) is 41.8 Å². The van der Waals surface area contributed by atoms with Crippen molar-refractivity contribution in [1.82, 2.24) is 4.90 Å². The molecule has 1 aliphatic carbocycles. The van der Waals surface area contributed by atoms with E-state index in [9.17, 15) is 0 Å². The zero-order chi connectivity index (χ0) is 14.0. The van der Waals surface area contributed by atoms with E-state index in [-0.39, 0.29) is 0 Å². The first-order chi connectivity index (χ1) is 10.3. The summed E-state index contributed by atoms with van der Waals surface area (Å²) in [6.45, 7) is 2.21. The average molecular weight is 276 g/mol. The molecule has 1 N–H and O–H groups in total. The minimum atomic E-state index is 0.547. The molecule has 2 aromatic carbocycles. The van der Waals surface area contributed by atoms with Crippen LogP contribution in [0, 0.1) is 0 Å². The van der Waals surface area contributed by atoms with Crippen LogP contribution in [-0.4, -0.2) is 24.5 Å². The van der Waals surface area contributed by atoms with Crippen LogP contribution in [-0.2, 0) is 6.54 Å². The molecule has 0 spiro atoms. The van der Waals surface area contributed by atoms with E-state index in [2.05, 4.69) is 59.7 Å². The smallest absolute Gasteiger partial charge is 0.0379 e. The average Bonchev–Trinajstić information content (AvgIpc) is 2.93. The molecule has 2 heteroatoms. The largest absolute Gasteiger partial charge is 0.384 e. The summed E-state index contributed by atoms with van der Waals surface area (Å²) in [5.41, 5.74) is 7.60. The Kier molecular flexibility index (Phi) is 2.31. The van der Waals surface area contributed by atoms with E-state index in [0.29, 0.717) is 17.9 Å². The number of anilines is 1. The summed E-state index contributed by atoms with van der Waals surface area (Å²) in [4.78, 5) is 2.57. The molecule has 0 bridgehead atoms. The van der Waals surface area contributed by atoms with Crippen molar-refractivity contribution in [3.05, 3.63) is 64.7 Å². The number of hydrogen-bond donors (Lipinski definition) is 1. The van der Waals surface area contributed by atoms with Crippen LogP contribution < -0.4 is 5.32 Å². The van der Waals surface area contributed by atoms with E-state index >= 15 is 0 Å². The zero-order valence-electron chi connectivity index (χ0n) is 12.3. The molecule has 0 radical (unpaired) electrons. The summed E-state index contributed by atoms with van der Waals surface area (Å²) in [5.74, 6) is 1.25. The summed E-state index contributed by atoms with van der Waals surface area (Å²) in [6.07, 6.45) is 1.28. The molecule has 0 saturated heterocycles. The maximum Gasteiger partial charge on any atom is 0.0379 e. The van der Waals surface area contributed by atoms with Crippen molar-refractivity contribution in [2.45, 2.75) is 30.8 Å². The van der Waals surface area contributed by atoms with E-state index in [1.807, 2.05) is 0 Å². The van der Waals surface area contributed by atoms with Crippen LogP contribution in [0.15, 0.2) is 42.5 Å². The molecule has 2 aliphatic heterocycles. The minimum absolute atomic E-state index is 0.547. The lowest BCUT2D eigenvalue weighted by Crippen LogP contribution is -2.44. The van der Waals surface area contributed by atoms with Gasteiger partial charge in [0.05, 0.1) is 0 Å². The van der Waals surface area contributed by atoms with Gasteiger partial charge in [-0.15, -0.1) is 0 Å². The first-order valence-corrected chi connectivity index (χ1v) is 7.97. The Balaban J connectivity index is 1.77. The fraction of sp³-hybridized carbons (Fsp3) is 0.368. The fourth-order valence-corrected chi connectivity index (χ4v) is 4.81. The molecule has 5 rings (SSSR count). The number of nitrogens with zero attached hydrogens (tertiary/aromatic N) is 1. The Morgan fingerprint density at radius 2 is 1.90 bits per heavy atom. The van der Waals surface area contributed by atoms with Crippen molar-refractivity contribution in [2.75, 3.05) is 18.9 Å². The maximum absolute atomic E-state index is 3.61. The summed E-state index contributed by atoms with van der Waals surface area (Å²) in [7, 11) is 2.30. The Hall–Kier alpha value is -1.80. The van der Waals surface area contributed by atoms with Gasteiger partial charge in [0.15, 0.2) is 0 Å². The van der Waals surface area contributed by atoms with Crippen molar-refractivity contribution in [1.29, 1.82) is 0 Å².